The summed E-state index contributed by atoms with van der Waals surface area (Å²) in [5.41, 5.74) is 7.07. The molecule has 3 saturated carbocycles. The summed E-state index contributed by atoms with van der Waals surface area (Å²) in [4.78, 5) is 15.0. The molecule has 1 unspecified atom stereocenters. The molecule has 1 aromatic rings. The van der Waals surface area contributed by atoms with Crippen LogP contribution < -0.4 is 5.14 Å². The fraction of sp³-hybridized carbons (Fsp3) is 0.682. The molecule has 5 aliphatic rings. The Morgan fingerprint density at radius 2 is 1.68 bits per heavy atom. The average Bonchev–Trinajstić information content (AvgIpc) is 3.16. The van der Waals surface area contributed by atoms with Crippen LogP contribution in [0.25, 0.3) is 0 Å². The van der Waals surface area contributed by atoms with Gasteiger partial charge in [0.25, 0.3) is 5.91 Å². The van der Waals surface area contributed by atoms with Crippen molar-refractivity contribution in [1.29, 1.82) is 0 Å². The Balaban J connectivity index is 1.34. The maximum Gasteiger partial charge on any atom is 0.259 e. The Hall–Kier alpha value is -1.24. The second kappa shape index (κ2) is 6.13. The lowest BCUT2D eigenvalue weighted by molar-refractivity contribution is -0.191. The molecule has 28 heavy (non-hydrogen) atoms. The van der Waals surface area contributed by atoms with Crippen LogP contribution in [0, 0.1) is 5.41 Å². The van der Waals surface area contributed by atoms with Crippen LogP contribution in [-0.2, 0) is 46.8 Å². The smallest absolute Gasteiger partial charge is 0.259 e. The van der Waals surface area contributed by atoms with Gasteiger partial charge in [0, 0.05) is 5.54 Å². The third-order valence-electron chi connectivity index (χ3n) is 7.76. The highest BCUT2D eigenvalue weighted by atomic mass is 32.2. The first-order valence-corrected chi connectivity index (χ1v) is 12.3. The second-order valence-corrected chi connectivity index (χ2v) is 11.8. The molecule has 5 nitrogen and oxygen atoms in total. The Labute approximate surface area is 168 Å². The predicted octanol–water partition coefficient (Wildman–Crippen LogP) is 2.56. The molecule has 3 fully saturated rings. The number of nitrogens with zero attached hydrogens (tertiary/aromatic N) is 2. The molecule has 1 atom stereocenters. The average molecular weight is 402 g/mol. The molecule has 1 amide bonds. The summed E-state index contributed by atoms with van der Waals surface area (Å²) >= 11 is 0. The van der Waals surface area contributed by atoms with Gasteiger partial charge in [-0.3, -0.25) is 4.79 Å². The summed E-state index contributed by atoms with van der Waals surface area (Å²) in [6.07, 6.45) is 10.0. The summed E-state index contributed by atoms with van der Waals surface area (Å²) in [7, 11) is 1.25. The third kappa shape index (κ3) is 2.87. The molecule has 6 heteroatoms. The molecule has 2 N–H and O–H groups in total. The zero-order valence-electron chi connectivity index (χ0n) is 17.1. The van der Waals surface area contributed by atoms with Gasteiger partial charge in [-0.1, -0.05) is 6.07 Å². The van der Waals surface area contributed by atoms with E-state index in [4.69, 9.17) is 5.14 Å². The number of carbonyl (C=O) groups excluding carboxylic acids is 1. The largest absolute Gasteiger partial charge is 0.304 e. The third-order valence-corrected chi connectivity index (χ3v) is 9.29. The van der Waals surface area contributed by atoms with E-state index in [1.54, 1.807) is 0 Å². The van der Waals surface area contributed by atoms with Gasteiger partial charge in [-0.05, 0) is 105 Å². The molecule has 152 valence electrons. The maximum absolute atomic E-state index is 12.9. The van der Waals surface area contributed by atoms with Crippen LogP contribution in [0.5, 0.6) is 0 Å². The zero-order chi connectivity index (χ0) is 19.7. The number of amides is 1. The Morgan fingerprint density at radius 1 is 1.11 bits per heavy atom. The summed E-state index contributed by atoms with van der Waals surface area (Å²) < 4.78 is 17.0. The van der Waals surface area contributed by atoms with Gasteiger partial charge in [0.15, 0.2) is 0 Å². The molecular weight excluding hydrogens is 370 g/mol. The fourth-order valence-corrected chi connectivity index (χ4v) is 8.20. The van der Waals surface area contributed by atoms with Crippen molar-refractivity contribution >= 4 is 15.8 Å². The first-order valence-electron chi connectivity index (χ1n) is 10.6. The molecule has 0 heterocycles. The molecule has 2 bridgehead atoms. The first kappa shape index (κ1) is 18.8. The quantitative estimate of drug-likeness (QED) is 0.824. The van der Waals surface area contributed by atoms with Gasteiger partial charge in [-0.15, -0.1) is 4.36 Å². The number of aryl methyl sites for hydroxylation is 2. The summed E-state index contributed by atoms with van der Waals surface area (Å²) in [5.74, 6) is 0.0719. The van der Waals surface area contributed by atoms with Crippen LogP contribution in [0.4, 0.5) is 0 Å². The molecule has 5 aliphatic carbocycles. The van der Waals surface area contributed by atoms with Crippen molar-refractivity contribution in [2.45, 2.75) is 69.7 Å². The van der Waals surface area contributed by atoms with E-state index >= 15 is 0 Å². The van der Waals surface area contributed by atoms with Crippen molar-refractivity contribution in [1.82, 2.24) is 4.90 Å². The van der Waals surface area contributed by atoms with Crippen molar-refractivity contribution < 1.29 is 9.00 Å². The van der Waals surface area contributed by atoms with Gasteiger partial charge in [0.1, 0.15) is 9.92 Å². The van der Waals surface area contributed by atoms with E-state index in [1.807, 2.05) is 0 Å². The normalized spacial score (nSPS) is 31.6. The number of hydrogen-bond donors (Lipinski definition) is 1. The molecule has 6 rings (SSSR count). The highest BCUT2D eigenvalue weighted by Gasteiger charge is 2.69. The number of fused-ring (bicyclic) bond motifs is 2. The lowest BCUT2D eigenvalue weighted by atomic mass is 9.39. The van der Waals surface area contributed by atoms with Gasteiger partial charge in [-0.25, -0.2) is 9.35 Å². The maximum atomic E-state index is 12.9. The number of benzene rings is 1. The van der Waals surface area contributed by atoms with Gasteiger partial charge in [0.05, 0.1) is 12.2 Å². The number of hydrogen-bond acceptors (Lipinski definition) is 3. The Bertz CT molecular complexity index is 936. The van der Waals surface area contributed by atoms with E-state index in [9.17, 15) is 9.00 Å². The van der Waals surface area contributed by atoms with Gasteiger partial charge in [-0.2, -0.15) is 0 Å². The minimum Gasteiger partial charge on any atom is -0.304 e. The van der Waals surface area contributed by atoms with E-state index in [-0.39, 0.29) is 23.3 Å². The van der Waals surface area contributed by atoms with Crippen LogP contribution in [0.15, 0.2) is 10.4 Å². The van der Waals surface area contributed by atoms with Gasteiger partial charge in [0.2, 0.25) is 0 Å². The van der Waals surface area contributed by atoms with E-state index in [0.717, 1.165) is 44.9 Å². The van der Waals surface area contributed by atoms with E-state index in [1.165, 1.54) is 40.7 Å². The predicted molar refractivity (Wildman–Crippen MR) is 112 cm³/mol. The second-order valence-electron chi connectivity index (χ2n) is 9.98. The van der Waals surface area contributed by atoms with E-state index in [0.29, 0.717) is 5.75 Å². The fourth-order valence-electron chi connectivity index (χ4n) is 6.54. The van der Waals surface area contributed by atoms with Crippen LogP contribution in [-0.4, -0.2) is 40.4 Å². The van der Waals surface area contributed by atoms with Gasteiger partial charge >= 0.3 is 0 Å². The van der Waals surface area contributed by atoms with Crippen LogP contribution in [0.1, 0.15) is 59.9 Å². The van der Waals surface area contributed by atoms with Crippen LogP contribution in [0.3, 0.4) is 0 Å². The molecule has 0 radical (unpaired) electrons. The standard InChI is InChI=1S/C22H31N3O2S/c1-25(2)22-11-21(12-22,13-22)14-28(23,27)24-20(26)10-19-17-7-3-5-15(17)9-16-6-4-8-18(16)19/h9H,3-8,10-14H2,1-2H3,(H2,23,24,26,27). The highest BCUT2D eigenvalue weighted by Crippen LogP contribution is 2.69. The SMILES string of the molecule is CN(C)C12CC(CS(N)(=O)=NC(=O)Cc3c4c(cc5c3CCC5)CCC4)(C1)C2. The molecular formula is C22H31N3O2S. The monoisotopic (exact) mass is 401 g/mol. The topological polar surface area (TPSA) is 75.8 Å². The molecule has 0 aromatic heterocycles. The van der Waals surface area contributed by atoms with Gasteiger partial charge < -0.3 is 4.90 Å². The Morgan fingerprint density at radius 3 is 2.21 bits per heavy atom. The van der Waals surface area contributed by atoms with Crippen LogP contribution in [0.2, 0.25) is 0 Å². The first-order chi connectivity index (χ1) is 13.2. The molecule has 1 aromatic carbocycles. The summed E-state index contributed by atoms with van der Waals surface area (Å²) in [5, 5.41) is 6.06. The number of nitrogens with two attached hydrogens (primary N) is 1. The minimum atomic E-state index is -2.96. The van der Waals surface area contributed by atoms with E-state index in [2.05, 4.69) is 29.4 Å². The molecule has 0 spiro atoms. The Kier molecular flexibility index (Phi) is 4.11. The highest BCUT2D eigenvalue weighted by molar-refractivity contribution is 7.91. The lowest BCUT2D eigenvalue weighted by Crippen LogP contribution is -2.75. The number of rotatable bonds is 5. The zero-order valence-corrected chi connectivity index (χ0v) is 17.9. The van der Waals surface area contributed by atoms with Crippen molar-refractivity contribution in [2.24, 2.45) is 14.9 Å². The van der Waals surface area contributed by atoms with Crippen molar-refractivity contribution in [3.63, 3.8) is 0 Å². The number of carbonyl (C=O) groups is 1. The van der Waals surface area contributed by atoms with E-state index < -0.39 is 9.92 Å². The van der Waals surface area contributed by atoms with Crippen molar-refractivity contribution in [3.05, 3.63) is 33.9 Å². The van der Waals surface area contributed by atoms with Crippen molar-refractivity contribution in [2.75, 3.05) is 19.8 Å². The van der Waals surface area contributed by atoms with Crippen LogP contribution >= 0.6 is 0 Å². The summed E-state index contributed by atoms with van der Waals surface area (Å²) in [6.45, 7) is 0. The minimum absolute atomic E-state index is 0.0507. The van der Waals surface area contributed by atoms with Crippen molar-refractivity contribution in [3.8, 4) is 0 Å². The summed E-state index contributed by atoms with van der Waals surface area (Å²) in [6, 6.07) is 2.37. The molecule has 0 saturated heterocycles. The molecule has 0 aliphatic heterocycles. The lowest BCUT2D eigenvalue weighted by Gasteiger charge is -2.73.